The number of fused-ring (bicyclic) bond motifs is 1. The molecule has 0 aliphatic heterocycles. The average molecular weight is 323 g/mol. The van der Waals surface area contributed by atoms with Crippen molar-refractivity contribution >= 4 is 22.7 Å². The standard InChI is InChI=1S/C16H13N5O3/c22-14-9-18-21(13-6-2-1-5-12(13)14)10-15(23)19-20-16(24)11-4-3-7-17-8-11/h1-9H,10H2,(H,19,23)(H,20,24). The number of pyridine rings is 1. The van der Waals surface area contributed by atoms with Crippen LogP contribution in [-0.2, 0) is 11.3 Å². The summed E-state index contributed by atoms with van der Waals surface area (Å²) in [4.78, 5) is 39.4. The third-order valence-electron chi connectivity index (χ3n) is 3.29. The van der Waals surface area contributed by atoms with Crippen molar-refractivity contribution in [3.05, 3.63) is 70.8 Å². The lowest BCUT2D eigenvalue weighted by Gasteiger charge is -2.10. The van der Waals surface area contributed by atoms with Crippen molar-refractivity contribution in [2.45, 2.75) is 6.54 Å². The Labute approximate surface area is 136 Å². The van der Waals surface area contributed by atoms with Crippen LogP contribution >= 0.6 is 0 Å². The minimum absolute atomic E-state index is 0.145. The molecule has 0 spiro atoms. The summed E-state index contributed by atoms with van der Waals surface area (Å²) in [6.07, 6.45) is 4.09. The molecule has 0 radical (unpaired) electrons. The summed E-state index contributed by atoms with van der Waals surface area (Å²) >= 11 is 0. The fourth-order valence-electron chi connectivity index (χ4n) is 2.16. The summed E-state index contributed by atoms with van der Waals surface area (Å²) < 4.78 is 1.39. The van der Waals surface area contributed by atoms with Gasteiger partial charge in [-0.3, -0.25) is 34.9 Å². The van der Waals surface area contributed by atoms with Crippen molar-refractivity contribution in [2.75, 3.05) is 0 Å². The lowest BCUT2D eigenvalue weighted by atomic mass is 10.2. The van der Waals surface area contributed by atoms with Crippen LogP contribution in [0, 0.1) is 0 Å². The number of hydrogen-bond donors (Lipinski definition) is 2. The summed E-state index contributed by atoms with van der Waals surface area (Å²) in [6.45, 7) is -0.145. The van der Waals surface area contributed by atoms with Gasteiger partial charge < -0.3 is 0 Å². The molecule has 0 bridgehead atoms. The number of hydrogen-bond acceptors (Lipinski definition) is 5. The number of nitrogens with one attached hydrogen (secondary N) is 2. The topological polar surface area (TPSA) is 106 Å². The second-order valence-electron chi connectivity index (χ2n) is 4.93. The number of hydrazine groups is 1. The highest BCUT2D eigenvalue weighted by Gasteiger charge is 2.10. The molecule has 1 aromatic carbocycles. The van der Waals surface area contributed by atoms with Gasteiger partial charge in [0.1, 0.15) is 6.54 Å². The van der Waals surface area contributed by atoms with Gasteiger partial charge in [0.05, 0.1) is 17.3 Å². The van der Waals surface area contributed by atoms with E-state index in [0.717, 1.165) is 6.20 Å². The predicted octanol–water partition coefficient (Wildman–Crippen LogP) is 0.253. The van der Waals surface area contributed by atoms with Gasteiger partial charge in [-0.25, -0.2) is 0 Å². The number of para-hydroxylation sites is 1. The first-order valence-corrected chi connectivity index (χ1v) is 7.09. The summed E-state index contributed by atoms with van der Waals surface area (Å²) in [7, 11) is 0. The van der Waals surface area contributed by atoms with Crippen LogP contribution in [0.2, 0.25) is 0 Å². The van der Waals surface area contributed by atoms with Crippen molar-refractivity contribution in [1.29, 1.82) is 0 Å². The van der Waals surface area contributed by atoms with E-state index < -0.39 is 11.8 Å². The minimum atomic E-state index is -0.478. The van der Waals surface area contributed by atoms with Gasteiger partial charge in [0, 0.05) is 17.8 Å². The predicted molar refractivity (Wildman–Crippen MR) is 85.8 cm³/mol. The Morgan fingerprint density at radius 1 is 1.04 bits per heavy atom. The molecule has 2 aromatic heterocycles. The Morgan fingerprint density at radius 3 is 2.67 bits per heavy atom. The van der Waals surface area contributed by atoms with E-state index in [9.17, 15) is 14.4 Å². The quantitative estimate of drug-likeness (QED) is 0.672. The second kappa shape index (κ2) is 6.69. The molecule has 120 valence electrons. The van der Waals surface area contributed by atoms with E-state index in [1.165, 1.54) is 10.9 Å². The molecular formula is C16H13N5O3. The molecule has 3 aromatic rings. The van der Waals surface area contributed by atoms with Crippen LogP contribution in [-0.4, -0.2) is 26.6 Å². The first kappa shape index (κ1) is 15.3. The first-order valence-electron chi connectivity index (χ1n) is 7.09. The highest BCUT2D eigenvalue weighted by molar-refractivity contribution is 5.95. The van der Waals surface area contributed by atoms with Gasteiger partial charge in [0.15, 0.2) is 0 Å². The third-order valence-corrected chi connectivity index (χ3v) is 3.29. The van der Waals surface area contributed by atoms with Crippen LogP contribution in [0.25, 0.3) is 10.9 Å². The number of benzene rings is 1. The average Bonchev–Trinajstić information content (AvgIpc) is 2.63. The SMILES string of the molecule is O=C(Cn1ncc(=O)c2ccccc21)NNC(=O)c1cccnc1. The maximum absolute atomic E-state index is 12.0. The molecule has 0 saturated heterocycles. The van der Waals surface area contributed by atoms with Crippen LogP contribution in [0.15, 0.2) is 59.8 Å². The number of carbonyl (C=O) groups is 2. The third kappa shape index (κ3) is 3.27. The summed E-state index contributed by atoms with van der Waals surface area (Å²) in [5.41, 5.74) is 5.25. The molecular weight excluding hydrogens is 310 g/mol. The van der Waals surface area contributed by atoms with E-state index >= 15 is 0 Å². The van der Waals surface area contributed by atoms with Crippen molar-refractivity contribution in [3.63, 3.8) is 0 Å². The van der Waals surface area contributed by atoms with Crippen molar-refractivity contribution in [3.8, 4) is 0 Å². The molecule has 0 aliphatic carbocycles. The molecule has 0 fully saturated rings. The van der Waals surface area contributed by atoms with Crippen LogP contribution in [0.3, 0.4) is 0 Å². The van der Waals surface area contributed by atoms with Gasteiger partial charge in [-0.2, -0.15) is 5.10 Å². The molecule has 0 saturated carbocycles. The smallest absolute Gasteiger partial charge is 0.271 e. The van der Waals surface area contributed by atoms with E-state index in [-0.39, 0.29) is 12.0 Å². The maximum Gasteiger partial charge on any atom is 0.271 e. The van der Waals surface area contributed by atoms with E-state index in [1.54, 1.807) is 42.6 Å². The Morgan fingerprint density at radius 2 is 1.88 bits per heavy atom. The molecule has 2 heterocycles. The van der Waals surface area contributed by atoms with Gasteiger partial charge in [-0.15, -0.1) is 0 Å². The second-order valence-corrected chi connectivity index (χ2v) is 4.93. The molecule has 2 amide bonds. The van der Waals surface area contributed by atoms with Crippen molar-refractivity contribution in [1.82, 2.24) is 25.6 Å². The zero-order valence-electron chi connectivity index (χ0n) is 12.5. The molecule has 0 unspecified atom stereocenters. The highest BCUT2D eigenvalue weighted by Crippen LogP contribution is 2.07. The zero-order chi connectivity index (χ0) is 16.9. The van der Waals surface area contributed by atoms with Crippen LogP contribution in [0.5, 0.6) is 0 Å². The number of carbonyl (C=O) groups excluding carboxylic acids is 2. The van der Waals surface area contributed by atoms with Gasteiger partial charge >= 0.3 is 0 Å². The van der Waals surface area contributed by atoms with Crippen molar-refractivity contribution < 1.29 is 9.59 Å². The monoisotopic (exact) mass is 323 g/mol. The fraction of sp³-hybridized carbons (Fsp3) is 0.0625. The van der Waals surface area contributed by atoms with Crippen LogP contribution in [0.4, 0.5) is 0 Å². The zero-order valence-corrected chi connectivity index (χ0v) is 12.5. The highest BCUT2D eigenvalue weighted by atomic mass is 16.2. The Bertz CT molecular complexity index is 953. The molecule has 8 heteroatoms. The maximum atomic E-state index is 12.0. The molecule has 24 heavy (non-hydrogen) atoms. The number of aromatic nitrogens is 3. The summed E-state index contributed by atoms with van der Waals surface area (Å²) in [5.74, 6) is -0.956. The summed E-state index contributed by atoms with van der Waals surface area (Å²) in [5, 5.41) is 4.42. The molecule has 2 N–H and O–H groups in total. The summed E-state index contributed by atoms with van der Waals surface area (Å²) in [6, 6.07) is 10.0. The van der Waals surface area contributed by atoms with Gasteiger partial charge in [0.25, 0.3) is 11.8 Å². The molecule has 8 nitrogen and oxygen atoms in total. The van der Waals surface area contributed by atoms with Gasteiger partial charge in [0.2, 0.25) is 5.43 Å². The van der Waals surface area contributed by atoms with Gasteiger partial charge in [-0.05, 0) is 24.3 Å². The Hall–Kier alpha value is -3.55. The first-order chi connectivity index (χ1) is 11.6. The van der Waals surface area contributed by atoms with E-state index in [0.29, 0.717) is 16.5 Å². The number of amides is 2. The van der Waals surface area contributed by atoms with Gasteiger partial charge in [-0.1, -0.05) is 12.1 Å². The van der Waals surface area contributed by atoms with E-state index in [2.05, 4.69) is 20.9 Å². The van der Waals surface area contributed by atoms with Crippen molar-refractivity contribution in [2.24, 2.45) is 0 Å². The van der Waals surface area contributed by atoms with Crippen LogP contribution < -0.4 is 16.3 Å². The lowest BCUT2D eigenvalue weighted by molar-refractivity contribution is -0.122. The Balaban J connectivity index is 1.69. The molecule has 0 atom stereocenters. The fourth-order valence-corrected chi connectivity index (χ4v) is 2.16. The lowest BCUT2D eigenvalue weighted by Crippen LogP contribution is -2.43. The Kier molecular flexibility index (Phi) is 4.28. The number of rotatable bonds is 3. The largest absolute Gasteiger partial charge is 0.287 e. The molecule has 3 rings (SSSR count). The normalized spacial score (nSPS) is 10.3. The van der Waals surface area contributed by atoms with E-state index in [1.807, 2.05) is 0 Å². The van der Waals surface area contributed by atoms with E-state index in [4.69, 9.17) is 0 Å². The minimum Gasteiger partial charge on any atom is -0.287 e. The van der Waals surface area contributed by atoms with Crippen LogP contribution in [0.1, 0.15) is 10.4 Å². The number of nitrogens with zero attached hydrogens (tertiary/aromatic N) is 3. The molecule has 0 aliphatic rings.